The summed E-state index contributed by atoms with van der Waals surface area (Å²) in [5, 5.41) is 3.57. The molecule has 0 bridgehead atoms. The standard InChI is InChI=1S/C12H17ClN2O.ClH/c1-3-15(12(16)8-14-2)9-10-5-4-6-11(13)7-10;/h4-7,14H,3,8-9H2,1-2H3;1H. The average Bonchev–Trinajstić information content (AvgIpc) is 2.26. The maximum Gasteiger partial charge on any atom is 0.236 e. The molecule has 3 nitrogen and oxygen atoms in total. The van der Waals surface area contributed by atoms with Crippen molar-refractivity contribution in [1.29, 1.82) is 0 Å². The summed E-state index contributed by atoms with van der Waals surface area (Å²) >= 11 is 5.90. The molecule has 1 N–H and O–H groups in total. The van der Waals surface area contributed by atoms with Gasteiger partial charge in [0.1, 0.15) is 0 Å². The van der Waals surface area contributed by atoms with Gasteiger partial charge in [0.2, 0.25) is 5.91 Å². The van der Waals surface area contributed by atoms with Gasteiger partial charge in [-0.15, -0.1) is 12.4 Å². The lowest BCUT2D eigenvalue weighted by atomic mass is 10.2. The molecule has 0 saturated carbocycles. The van der Waals surface area contributed by atoms with E-state index in [2.05, 4.69) is 5.32 Å². The van der Waals surface area contributed by atoms with Gasteiger partial charge in [-0.2, -0.15) is 0 Å². The van der Waals surface area contributed by atoms with Gasteiger partial charge < -0.3 is 10.2 Å². The summed E-state index contributed by atoms with van der Waals surface area (Å²) in [4.78, 5) is 13.5. The summed E-state index contributed by atoms with van der Waals surface area (Å²) in [6, 6.07) is 7.59. The Morgan fingerprint density at radius 3 is 2.71 bits per heavy atom. The van der Waals surface area contributed by atoms with Crippen LogP contribution in [0.15, 0.2) is 24.3 Å². The molecular formula is C12H18Cl2N2O. The summed E-state index contributed by atoms with van der Waals surface area (Å²) < 4.78 is 0. The van der Waals surface area contributed by atoms with Gasteiger partial charge in [0.05, 0.1) is 6.54 Å². The third-order valence-corrected chi connectivity index (χ3v) is 2.56. The fourth-order valence-electron chi connectivity index (χ4n) is 1.50. The molecule has 0 fully saturated rings. The van der Waals surface area contributed by atoms with E-state index in [0.717, 1.165) is 5.56 Å². The quantitative estimate of drug-likeness (QED) is 0.896. The lowest BCUT2D eigenvalue weighted by Crippen LogP contribution is -2.36. The van der Waals surface area contributed by atoms with Crippen LogP contribution in [0.1, 0.15) is 12.5 Å². The Kier molecular flexibility index (Phi) is 7.96. The van der Waals surface area contributed by atoms with Crippen molar-refractivity contribution in [1.82, 2.24) is 10.2 Å². The lowest BCUT2D eigenvalue weighted by Gasteiger charge is -2.20. The van der Waals surface area contributed by atoms with Crippen LogP contribution in [0.3, 0.4) is 0 Å². The molecule has 0 atom stereocenters. The zero-order chi connectivity index (χ0) is 12.0. The molecule has 0 aliphatic carbocycles. The predicted octanol–water partition coefficient (Wildman–Crippen LogP) is 2.33. The SMILES string of the molecule is CCN(Cc1cccc(Cl)c1)C(=O)CNC.Cl. The molecule has 5 heteroatoms. The third-order valence-electron chi connectivity index (χ3n) is 2.32. The maximum atomic E-state index is 11.7. The molecule has 0 saturated heterocycles. The van der Waals surface area contributed by atoms with Gasteiger partial charge in [-0.05, 0) is 31.7 Å². The largest absolute Gasteiger partial charge is 0.338 e. The van der Waals surface area contributed by atoms with Crippen molar-refractivity contribution in [3.63, 3.8) is 0 Å². The molecule has 0 unspecified atom stereocenters. The number of likely N-dealkylation sites (N-methyl/N-ethyl adjacent to an activating group) is 2. The van der Waals surface area contributed by atoms with Crippen LogP contribution in [0.2, 0.25) is 5.02 Å². The predicted molar refractivity (Wildman–Crippen MR) is 73.7 cm³/mol. The first-order chi connectivity index (χ1) is 7.67. The number of nitrogens with zero attached hydrogens (tertiary/aromatic N) is 1. The zero-order valence-electron chi connectivity index (χ0n) is 10.1. The zero-order valence-corrected chi connectivity index (χ0v) is 11.6. The van der Waals surface area contributed by atoms with Crippen LogP contribution in [0, 0.1) is 0 Å². The average molecular weight is 277 g/mol. The summed E-state index contributed by atoms with van der Waals surface area (Å²) in [5.74, 6) is 0.102. The van der Waals surface area contributed by atoms with E-state index in [0.29, 0.717) is 24.7 Å². The van der Waals surface area contributed by atoms with Crippen LogP contribution >= 0.6 is 24.0 Å². The number of halogens is 2. The molecule has 0 aliphatic heterocycles. The first-order valence-electron chi connectivity index (χ1n) is 5.34. The Morgan fingerprint density at radius 1 is 1.47 bits per heavy atom. The summed E-state index contributed by atoms with van der Waals surface area (Å²) in [5.41, 5.74) is 1.05. The number of hydrogen-bond donors (Lipinski definition) is 1. The van der Waals surface area contributed by atoms with Gasteiger partial charge in [-0.1, -0.05) is 23.7 Å². The third kappa shape index (κ3) is 5.39. The Bertz CT molecular complexity index is 358. The molecule has 1 aromatic carbocycles. The number of carbonyl (C=O) groups is 1. The van der Waals surface area contributed by atoms with Crippen molar-refractivity contribution in [2.75, 3.05) is 20.1 Å². The first kappa shape index (κ1) is 16.2. The summed E-state index contributed by atoms with van der Waals surface area (Å²) in [6.45, 7) is 3.65. The van der Waals surface area contributed by atoms with E-state index in [1.54, 1.807) is 11.9 Å². The second-order valence-electron chi connectivity index (χ2n) is 3.57. The highest BCUT2D eigenvalue weighted by Crippen LogP contribution is 2.12. The minimum absolute atomic E-state index is 0. The Labute approximate surface area is 114 Å². The van der Waals surface area contributed by atoms with Gasteiger partial charge in [-0.3, -0.25) is 4.79 Å². The van der Waals surface area contributed by atoms with Crippen LogP contribution in [0.4, 0.5) is 0 Å². The number of rotatable bonds is 5. The smallest absolute Gasteiger partial charge is 0.236 e. The van der Waals surface area contributed by atoms with Crippen molar-refractivity contribution in [3.05, 3.63) is 34.9 Å². The van der Waals surface area contributed by atoms with Gasteiger partial charge >= 0.3 is 0 Å². The molecule has 1 rings (SSSR count). The highest BCUT2D eigenvalue weighted by molar-refractivity contribution is 6.30. The Hall–Kier alpha value is -0.770. The number of benzene rings is 1. The number of amides is 1. The molecule has 0 spiro atoms. The topological polar surface area (TPSA) is 32.3 Å². The second kappa shape index (κ2) is 8.34. The fraction of sp³-hybridized carbons (Fsp3) is 0.417. The van der Waals surface area contributed by atoms with E-state index < -0.39 is 0 Å². The molecule has 0 heterocycles. The Morgan fingerprint density at radius 2 is 2.18 bits per heavy atom. The van der Waals surface area contributed by atoms with Gasteiger partial charge in [0, 0.05) is 18.1 Å². The van der Waals surface area contributed by atoms with E-state index in [1.807, 2.05) is 31.2 Å². The summed E-state index contributed by atoms with van der Waals surface area (Å²) in [6.07, 6.45) is 0. The normalized spacial score (nSPS) is 9.59. The minimum atomic E-state index is 0. The van der Waals surface area contributed by atoms with Gasteiger partial charge in [-0.25, -0.2) is 0 Å². The van der Waals surface area contributed by atoms with E-state index in [1.165, 1.54) is 0 Å². The molecule has 1 aromatic rings. The van der Waals surface area contributed by atoms with Gasteiger partial charge in [0.25, 0.3) is 0 Å². The van der Waals surface area contributed by atoms with Gasteiger partial charge in [0.15, 0.2) is 0 Å². The molecule has 1 amide bonds. The molecule has 0 aliphatic rings. The monoisotopic (exact) mass is 276 g/mol. The maximum absolute atomic E-state index is 11.7. The van der Waals surface area contributed by atoms with Crippen molar-refractivity contribution in [2.45, 2.75) is 13.5 Å². The molecule has 0 aromatic heterocycles. The van der Waals surface area contributed by atoms with Crippen molar-refractivity contribution in [2.24, 2.45) is 0 Å². The fourth-order valence-corrected chi connectivity index (χ4v) is 1.71. The van der Waals surface area contributed by atoms with Crippen LogP contribution in [0.5, 0.6) is 0 Å². The van der Waals surface area contributed by atoms with Crippen LogP contribution in [0.25, 0.3) is 0 Å². The Balaban J connectivity index is 0.00000256. The summed E-state index contributed by atoms with van der Waals surface area (Å²) in [7, 11) is 1.77. The van der Waals surface area contributed by atoms with Crippen molar-refractivity contribution >= 4 is 29.9 Å². The highest BCUT2D eigenvalue weighted by Gasteiger charge is 2.10. The van der Waals surface area contributed by atoms with E-state index in [9.17, 15) is 4.79 Å². The number of carbonyl (C=O) groups excluding carboxylic acids is 1. The van der Waals surface area contributed by atoms with Crippen LogP contribution < -0.4 is 5.32 Å². The molecule has 17 heavy (non-hydrogen) atoms. The second-order valence-corrected chi connectivity index (χ2v) is 4.00. The number of nitrogens with one attached hydrogen (secondary N) is 1. The molecular weight excluding hydrogens is 259 g/mol. The minimum Gasteiger partial charge on any atom is -0.338 e. The van der Waals surface area contributed by atoms with Crippen molar-refractivity contribution in [3.8, 4) is 0 Å². The van der Waals surface area contributed by atoms with E-state index in [4.69, 9.17) is 11.6 Å². The van der Waals surface area contributed by atoms with E-state index >= 15 is 0 Å². The number of hydrogen-bond acceptors (Lipinski definition) is 2. The first-order valence-corrected chi connectivity index (χ1v) is 5.72. The van der Waals surface area contributed by atoms with Crippen LogP contribution in [-0.4, -0.2) is 30.9 Å². The molecule has 0 radical (unpaired) electrons. The van der Waals surface area contributed by atoms with E-state index in [-0.39, 0.29) is 18.3 Å². The van der Waals surface area contributed by atoms with Crippen LogP contribution in [-0.2, 0) is 11.3 Å². The highest BCUT2D eigenvalue weighted by atomic mass is 35.5. The molecule has 96 valence electrons. The van der Waals surface area contributed by atoms with Crippen molar-refractivity contribution < 1.29 is 4.79 Å². The lowest BCUT2D eigenvalue weighted by molar-refractivity contribution is -0.130.